The molecule has 0 atom stereocenters. The van der Waals surface area contributed by atoms with Crippen LogP contribution in [0.5, 0.6) is 0 Å². The van der Waals surface area contributed by atoms with Crippen LogP contribution in [0.3, 0.4) is 0 Å². The summed E-state index contributed by atoms with van der Waals surface area (Å²) in [5.41, 5.74) is 4.64. The van der Waals surface area contributed by atoms with E-state index in [0.717, 1.165) is 23.0 Å². The van der Waals surface area contributed by atoms with E-state index in [1.807, 2.05) is 42.5 Å². The number of nitrogens with one attached hydrogen (secondary N) is 1. The Morgan fingerprint density at radius 2 is 1.95 bits per heavy atom. The van der Waals surface area contributed by atoms with E-state index in [4.69, 9.17) is 0 Å². The Morgan fingerprint density at radius 1 is 1.19 bits per heavy atom. The van der Waals surface area contributed by atoms with Gasteiger partial charge >= 0.3 is 0 Å². The lowest BCUT2D eigenvalue weighted by atomic mass is 10.1. The van der Waals surface area contributed by atoms with Crippen molar-refractivity contribution in [3.8, 4) is 6.07 Å². The van der Waals surface area contributed by atoms with E-state index in [2.05, 4.69) is 35.1 Å². The second-order valence-electron chi connectivity index (χ2n) is 4.87. The zero-order valence-electron chi connectivity index (χ0n) is 11.8. The Labute approximate surface area is 123 Å². The van der Waals surface area contributed by atoms with Gasteiger partial charge in [0.2, 0.25) is 0 Å². The number of aromatic nitrogens is 2. The molecule has 0 fully saturated rings. The average molecular weight is 273 g/mol. The molecule has 2 aromatic carbocycles. The van der Waals surface area contributed by atoms with Crippen molar-refractivity contribution in [3.05, 3.63) is 65.5 Å². The van der Waals surface area contributed by atoms with E-state index in [-0.39, 0.29) is 0 Å². The highest BCUT2D eigenvalue weighted by Gasteiger charge is 2.07. The molecule has 0 radical (unpaired) electrons. The molecule has 0 unspecified atom stereocenters. The second kappa shape index (κ2) is 5.64. The zero-order valence-corrected chi connectivity index (χ0v) is 11.8. The van der Waals surface area contributed by atoms with Crippen LogP contribution in [0.2, 0.25) is 0 Å². The van der Waals surface area contributed by atoms with Gasteiger partial charge in [-0.1, -0.05) is 43.3 Å². The normalized spacial score (nSPS) is 11.5. The highest BCUT2D eigenvalue weighted by Crippen LogP contribution is 2.19. The van der Waals surface area contributed by atoms with E-state index in [1.54, 1.807) is 0 Å². The van der Waals surface area contributed by atoms with Gasteiger partial charge in [-0.2, -0.15) is 5.26 Å². The van der Waals surface area contributed by atoms with E-state index >= 15 is 0 Å². The molecular formula is C18H15N3. The van der Waals surface area contributed by atoms with Gasteiger partial charge in [0, 0.05) is 0 Å². The van der Waals surface area contributed by atoms with Crippen LogP contribution < -0.4 is 0 Å². The fraction of sp³-hybridized carbons (Fsp3) is 0.111. The van der Waals surface area contributed by atoms with Gasteiger partial charge in [0.05, 0.1) is 16.6 Å². The van der Waals surface area contributed by atoms with Gasteiger partial charge < -0.3 is 4.98 Å². The van der Waals surface area contributed by atoms with E-state index < -0.39 is 0 Å². The summed E-state index contributed by atoms with van der Waals surface area (Å²) in [6.07, 6.45) is 2.87. The molecule has 0 saturated heterocycles. The van der Waals surface area contributed by atoms with Crippen LogP contribution in [0.4, 0.5) is 0 Å². The number of fused-ring (bicyclic) bond motifs is 1. The second-order valence-corrected chi connectivity index (χ2v) is 4.87. The number of aryl methyl sites for hydroxylation is 1. The molecule has 0 saturated carbocycles. The molecule has 3 aromatic rings. The molecule has 1 heterocycles. The van der Waals surface area contributed by atoms with Crippen LogP contribution in [0, 0.1) is 11.3 Å². The first-order chi connectivity index (χ1) is 10.3. The molecule has 0 aliphatic heterocycles. The van der Waals surface area contributed by atoms with Crippen molar-refractivity contribution in [1.29, 1.82) is 5.26 Å². The van der Waals surface area contributed by atoms with Gasteiger partial charge in [0.25, 0.3) is 0 Å². The standard InChI is InChI=1S/C18H15N3/c1-2-13-7-9-14(10-8-13)11-15(12-19)18-20-16-5-3-4-6-17(16)21-18/h3-11H,2H2,1H3,(H,20,21)/b15-11+. The maximum Gasteiger partial charge on any atom is 0.149 e. The third-order valence-electron chi connectivity index (χ3n) is 3.46. The molecule has 3 rings (SSSR count). The summed E-state index contributed by atoms with van der Waals surface area (Å²) in [7, 11) is 0. The third kappa shape index (κ3) is 2.70. The maximum absolute atomic E-state index is 9.39. The minimum atomic E-state index is 0.537. The molecule has 3 heteroatoms. The van der Waals surface area contributed by atoms with Crippen LogP contribution >= 0.6 is 0 Å². The molecule has 0 aliphatic carbocycles. The number of hydrogen-bond acceptors (Lipinski definition) is 2. The maximum atomic E-state index is 9.39. The highest BCUT2D eigenvalue weighted by molar-refractivity contribution is 5.90. The van der Waals surface area contributed by atoms with Gasteiger partial charge in [0.15, 0.2) is 0 Å². The molecular weight excluding hydrogens is 258 g/mol. The summed E-state index contributed by atoms with van der Waals surface area (Å²) in [5, 5.41) is 9.39. The van der Waals surface area contributed by atoms with Gasteiger partial charge in [0.1, 0.15) is 11.9 Å². The average Bonchev–Trinajstić information content (AvgIpc) is 2.97. The van der Waals surface area contributed by atoms with Crippen molar-refractivity contribution in [2.75, 3.05) is 0 Å². The first-order valence-electron chi connectivity index (χ1n) is 6.96. The largest absolute Gasteiger partial charge is 0.337 e. The summed E-state index contributed by atoms with van der Waals surface area (Å²) in [6.45, 7) is 2.12. The minimum Gasteiger partial charge on any atom is -0.337 e. The van der Waals surface area contributed by atoms with E-state index in [0.29, 0.717) is 11.4 Å². The molecule has 0 bridgehead atoms. The molecule has 3 nitrogen and oxygen atoms in total. The Bertz CT molecular complexity index is 800. The van der Waals surface area contributed by atoms with Crippen molar-refractivity contribution >= 4 is 22.7 Å². The number of benzene rings is 2. The van der Waals surface area contributed by atoms with Crippen LogP contribution in [-0.4, -0.2) is 9.97 Å². The van der Waals surface area contributed by atoms with Crippen LogP contribution in [0.15, 0.2) is 48.5 Å². The van der Waals surface area contributed by atoms with Gasteiger partial charge in [-0.3, -0.25) is 0 Å². The molecule has 1 aromatic heterocycles. The van der Waals surface area contributed by atoms with Crippen LogP contribution in [0.1, 0.15) is 23.9 Å². The van der Waals surface area contributed by atoms with Gasteiger partial charge in [-0.25, -0.2) is 4.98 Å². The predicted octanol–water partition coefficient (Wildman–Crippen LogP) is 4.19. The Morgan fingerprint density at radius 3 is 2.62 bits per heavy atom. The monoisotopic (exact) mass is 273 g/mol. The molecule has 1 N–H and O–H groups in total. The highest BCUT2D eigenvalue weighted by atomic mass is 14.9. The lowest BCUT2D eigenvalue weighted by Gasteiger charge is -1.98. The number of para-hydroxylation sites is 2. The number of hydrogen-bond donors (Lipinski definition) is 1. The first-order valence-corrected chi connectivity index (χ1v) is 6.96. The van der Waals surface area contributed by atoms with E-state index in [9.17, 15) is 5.26 Å². The fourth-order valence-electron chi connectivity index (χ4n) is 2.25. The zero-order chi connectivity index (χ0) is 14.7. The number of imidazole rings is 1. The van der Waals surface area contributed by atoms with Crippen molar-refractivity contribution in [2.45, 2.75) is 13.3 Å². The summed E-state index contributed by atoms with van der Waals surface area (Å²) >= 11 is 0. The number of nitriles is 1. The summed E-state index contributed by atoms with van der Waals surface area (Å²) < 4.78 is 0. The topological polar surface area (TPSA) is 52.5 Å². The van der Waals surface area contributed by atoms with Gasteiger partial charge in [-0.05, 0) is 35.8 Å². The number of H-pyrrole nitrogens is 1. The summed E-state index contributed by atoms with van der Waals surface area (Å²) in [5.74, 6) is 0.610. The molecule has 0 spiro atoms. The molecule has 0 amide bonds. The quantitative estimate of drug-likeness (QED) is 0.727. The first kappa shape index (κ1) is 13.1. The minimum absolute atomic E-state index is 0.537. The Kier molecular flexibility index (Phi) is 3.53. The van der Waals surface area contributed by atoms with Crippen molar-refractivity contribution in [3.63, 3.8) is 0 Å². The number of allylic oxidation sites excluding steroid dienone is 1. The lowest BCUT2D eigenvalue weighted by Crippen LogP contribution is -1.85. The predicted molar refractivity (Wildman–Crippen MR) is 85.4 cm³/mol. The lowest BCUT2D eigenvalue weighted by molar-refractivity contribution is 1.14. The van der Waals surface area contributed by atoms with E-state index in [1.165, 1.54) is 5.56 Å². The summed E-state index contributed by atoms with van der Waals surface area (Å²) in [6, 6.07) is 18.2. The third-order valence-corrected chi connectivity index (χ3v) is 3.46. The molecule has 0 aliphatic rings. The fourth-order valence-corrected chi connectivity index (χ4v) is 2.25. The van der Waals surface area contributed by atoms with Crippen molar-refractivity contribution < 1.29 is 0 Å². The van der Waals surface area contributed by atoms with Crippen molar-refractivity contribution in [2.24, 2.45) is 0 Å². The van der Waals surface area contributed by atoms with Crippen LogP contribution in [0.25, 0.3) is 22.7 Å². The number of rotatable bonds is 3. The smallest absolute Gasteiger partial charge is 0.149 e. The summed E-state index contributed by atoms with van der Waals surface area (Å²) in [4.78, 5) is 7.65. The Hall–Kier alpha value is -2.86. The number of aromatic amines is 1. The van der Waals surface area contributed by atoms with Crippen molar-refractivity contribution in [1.82, 2.24) is 9.97 Å². The van der Waals surface area contributed by atoms with Crippen LogP contribution in [-0.2, 0) is 6.42 Å². The molecule has 102 valence electrons. The number of nitrogens with zero attached hydrogens (tertiary/aromatic N) is 2. The Balaban J connectivity index is 2.00. The SMILES string of the molecule is CCc1ccc(/C=C(\C#N)c2nc3ccccc3[nH]2)cc1. The molecule has 21 heavy (non-hydrogen) atoms. The van der Waals surface area contributed by atoms with Gasteiger partial charge in [-0.15, -0.1) is 0 Å².